The van der Waals surface area contributed by atoms with E-state index >= 15 is 0 Å². The van der Waals surface area contributed by atoms with E-state index in [0.29, 0.717) is 12.2 Å². The van der Waals surface area contributed by atoms with Gasteiger partial charge in [0.25, 0.3) is 0 Å². The molecule has 1 saturated carbocycles. The summed E-state index contributed by atoms with van der Waals surface area (Å²) in [7, 11) is 0. The fourth-order valence-electron chi connectivity index (χ4n) is 5.82. The molecule has 4 rings (SSSR count). The van der Waals surface area contributed by atoms with Crippen molar-refractivity contribution >= 4 is 17.6 Å². The molecule has 8 nitrogen and oxygen atoms in total. The molecule has 30 heavy (non-hydrogen) atoms. The molecule has 1 aliphatic heterocycles. The molecule has 2 N–H and O–H groups in total. The normalized spacial score (nSPS) is 35.0. The second-order valence-corrected chi connectivity index (χ2v) is 9.11. The summed E-state index contributed by atoms with van der Waals surface area (Å²) in [6, 6.07) is 5.42. The van der Waals surface area contributed by atoms with Crippen LogP contribution < -0.4 is 5.23 Å². The summed E-state index contributed by atoms with van der Waals surface area (Å²) in [4.78, 5) is 25.2. The third-order valence-electron chi connectivity index (χ3n) is 7.31. The number of fused-ring (bicyclic) bond motifs is 3. The molecule has 0 unspecified atom stereocenters. The minimum atomic E-state index is -0.689. The summed E-state index contributed by atoms with van der Waals surface area (Å²) in [5.41, 5.74) is -0.0452. The van der Waals surface area contributed by atoms with Gasteiger partial charge in [-0.15, -0.1) is 0 Å². The zero-order valence-corrected chi connectivity index (χ0v) is 17.0. The van der Waals surface area contributed by atoms with Crippen molar-refractivity contribution in [1.82, 2.24) is 0 Å². The van der Waals surface area contributed by atoms with Gasteiger partial charge in [0.2, 0.25) is 0 Å². The van der Waals surface area contributed by atoms with E-state index in [1.165, 1.54) is 24.3 Å². The first-order valence-electron chi connectivity index (χ1n) is 10.2. The maximum absolute atomic E-state index is 12.9. The van der Waals surface area contributed by atoms with Crippen molar-refractivity contribution in [2.24, 2.45) is 22.7 Å². The Hall–Kier alpha value is -2.42. The molecule has 1 saturated heterocycles. The van der Waals surface area contributed by atoms with Crippen molar-refractivity contribution in [2.45, 2.75) is 39.2 Å². The number of esters is 2. The summed E-state index contributed by atoms with van der Waals surface area (Å²) < 4.78 is 11.2. The van der Waals surface area contributed by atoms with Crippen molar-refractivity contribution < 1.29 is 29.4 Å². The first-order valence-corrected chi connectivity index (χ1v) is 10.2. The number of rotatable bonds is 4. The third kappa shape index (κ3) is 3.19. The minimum Gasteiger partial charge on any atom is -0.733 e. The summed E-state index contributed by atoms with van der Waals surface area (Å²) in [5.74, 6) is -1.23. The predicted molar refractivity (Wildman–Crippen MR) is 106 cm³/mol. The van der Waals surface area contributed by atoms with Crippen LogP contribution in [0.2, 0.25) is 0 Å². The van der Waals surface area contributed by atoms with Gasteiger partial charge in [-0.1, -0.05) is 20.3 Å². The lowest BCUT2D eigenvalue weighted by molar-refractivity contribution is -0.135. The third-order valence-corrected chi connectivity index (χ3v) is 7.31. The van der Waals surface area contributed by atoms with Crippen molar-refractivity contribution in [1.29, 1.82) is 0 Å². The lowest BCUT2D eigenvalue weighted by Gasteiger charge is -2.57. The van der Waals surface area contributed by atoms with Crippen LogP contribution in [0.3, 0.4) is 0 Å². The average molecular weight is 416 g/mol. The topological polar surface area (TPSA) is 119 Å². The summed E-state index contributed by atoms with van der Waals surface area (Å²) in [6.07, 6.45) is 3.57. The van der Waals surface area contributed by atoms with E-state index in [1.54, 1.807) is 6.08 Å². The van der Waals surface area contributed by atoms with Gasteiger partial charge in [-0.25, -0.2) is 9.59 Å². The average Bonchev–Trinajstić information content (AvgIpc) is 3.09. The number of cyclic esters (lactones) is 1. The van der Waals surface area contributed by atoms with Crippen LogP contribution in [0.1, 0.15) is 43.5 Å². The fraction of sp³-hybridized carbons (Fsp3) is 0.545. The van der Waals surface area contributed by atoms with Crippen molar-refractivity contribution in [3.8, 4) is 0 Å². The highest BCUT2D eigenvalue weighted by molar-refractivity contribution is 5.92. The Morgan fingerprint density at radius 1 is 1.30 bits per heavy atom. The van der Waals surface area contributed by atoms with Gasteiger partial charge in [-0.2, -0.15) is 0 Å². The van der Waals surface area contributed by atoms with Crippen molar-refractivity contribution in [3.05, 3.63) is 46.7 Å². The van der Waals surface area contributed by atoms with Gasteiger partial charge in [0.15, 0.2) is 0 Å². The van der Waals surface area contributed by atoms with Crippen LogP contribution in [0.5, 0.6) is 0 Å². The summed E-state index contributed by atoms with van der Waals surface area (Å²) >= 11 is 0. The van der Waals surface area contributed by atoms with Gasteiger partial charge in [-0.05, 0) is 54.0 Å². The van der Waals surface area contributed by atoms with E-state index in [1.807, 2.05) is 6.92 Å². The van der Waals surface area contributed by atoms with E-state index in [9.17, 15) is 19.9 Å². The zero-order chi connectivity index (χ0) is 21.7. The van der Waals surface area contributed by atoms with Gasteiger partial charge >= 0.3 is 11.9 Å². The van der Waals surface area contributed by atoms with Crippen LogP contribution in [-0.2, 0) is 14.3 Å². The second kappa shape index (κ2) is 7.37. The molecule has 1 heterocycles. The Kier molecular flexibility index (Phi) is 5.12. The highest BCUT2D eigenvalue weighted by Crippen LogP contribution is 2.61. The molecule has 8 heteroatoms. The zero-order valence-electron chi connectivity index (χ0n) is 17.0. The van der Waals surface area contributed by atoms with Crippen molar-refractivity contribution in [3.63, 3.8) is 0 Å². The Morgan fingerprint density at radius 2 is 2.00 bits per heavy atom. The van der Waals surface area contributed by atoms with E-state index < -0.39 is 17.5 Å². The number of carbonyl (C=O) groups excluding carboxylic acids is 2. The summed E-state index contributed by atoms with van der Waals surface area (Å²) in [6.45, 7) is 4.38. The quantitative estimate of drug-likeness (QED) is 0.568. The Balaban J connectivity index is 1.69. The molecule has 0 bridgehead atoms. The molecule has 2 fully saturated rings. The highest BCUT2D eigenvalue weighted by atomic mass is 16.8. The molecular weight excluding hydrogens is 390 g/mol. The lowest BCUT2D eigenvalue weighted by Crippen LogP contribution is -2.57. The van der Waals surface area contributed by atoms with E-state index in [0.717, 1.165) is 19.3 Å². The number of anilines is 1. The molecular formula is C22H26NO7-. The van der Waals surface area contributed by atoms with E-state index in [4.69, 9.17) is 14.7 Å². The van der Waals surface area contributed by atoms with E-state index in [2.05, 4.69) is 6.92 Å². The molecule has 2 aliphatic carbocycles. The molecule has 0 radical (unpaired) electrons. The van der Waals surface area contributed by atoms with Crippen LogP contribution >= 0.6 is 0 Å². The SMILES string of the molecule is C[C@]1(CO)CCC[C@]2(C)[C@H]3COC(=O)C3=C[C@@H](OC(=O)c3ccc(N([O-])O)cc3)[C@@H]12. The predicted octanol–water partition coefficient (Wildman–Crippen LogP) is 2.82. The van der Waals surface area contributed by atoms with Gasteiger partial charge in [0.05, 0.1) is 17.9 Å². The number of aliphatic hydroxyl groups excluding tert-OH is 1. The second-order valence-electron chi connectivity index (χ2n) is 9.11. The molecule has 1 aromatic rings. The van der Waals surface area contributed by atoms with Crippen LogP contribution in [0, 0.1) is 27.9 Å². The molecule has 0 aromatic heterocycles. The van der Waals surface area contributed by atoms with Gasteiger partial charge in [0.1, 0.15) is 6.10 Å². The number of benzene rings is 1. The summed E-state index contributed by atoms with van der Waals surface area (Å²) in [5, 5.41) is 29.9. The largest absolute Gasteiger partial charge is 0.733 e. The first-order chi connectivity index (χ1) is 14.2. The molecule has 0 amide bonds. The molecule has 1 aromatic carbocycles. The number of carbonyl (C=O) groups is 2. The number of aliphatic hydroxyl groups is 1. The maximum Gasteiger partial charge on any atom is 0.338 e. The van der Waals surface area contributed by atoms with Gasteiger partial charge < -0.3 is 25.0 Å². The number of hydrogen-bond donors (Lipinski definition) is 2. The van der Waals surface area contributed by atoms with Crippen LogP contribution in [0.4, 0.5) is 5.69 Å². The van der Waals surface area contributed by atoms with Gasteiger partial charge in [-0.3, -0.25) is 5.21 Å². The minimum absolute atomic E-state index is 0.00408. The molecule has 0 spiro atoms. The number of hydrogen-bond acceptors (Lipinski definition) is 8. The highest BCUT2D eigenvalue weighted by Gasteiger charge is 2.61. The Morgan fingerprint density at radius 3 is 2.63 bits per heavy atom. The molecule has 5 atom stereocenters. The van der Waals surface area contributed by atoms with Crippen molar-refractivity contribution in [2.75, 3.05) is 18.4 Å². The molecule has 162 valence electrons. The lowest BCUT2D eigenvalue weighted by atomic mass is 9.48. The smallest absolute Gasteiger partial charge is 0.338 e. The molecule has 3 aliphatic rings. The maximum atomic E-state index is 12.9. The van der Waals surface area contributed by atoms with Crippen LogP contribution in [0.25, 0.3) is 0 Å². The number of nitrogens with zero attached hydrogens (tertiary/aromatic N) is 1. The monoisotopic (exact) mass is 416 g/mol. The fourth-order valence-corrected chi connectivity index (χ4v) is 5.82. The first kappa shape index (κ1) is 20.8. The van der Waals surface area contributed by atoms with Crippen LogP contribution in [0.15, 0.2) is 35.9 Å². The van der Waals surface area contributed by atoms with Crippen LogP contribution in [-0.4, -0.2) is 41.6 Å². The van der Waals surface area contributed by atoms with Gasteiger partial charge in [0, 0.05) is 24.0 Å². The Labute approximate surface area is 174 Å². The standard InChI is InChI=1S/C22H26NO7/c1-21(12-24)8-3-9-22(2)16-11-29-20(26)15(16)10-17(18(21)22)30-19(25)13-4-6-14(7-5-13)23(27)28/h4-7,10,16-18,24,27H,3,8-9,11-12H2,1-2H3/q-1/t16-,17+,18-,21+,22+/m0/s1. The number of ether oxygens (including phenoxy) is 2. The van der Waals surface area contributed by atoms with E-state index in [-0.39, 0.29) is 46.3 Å². The Bertz CT molecular complexity index is 880.